The number of pyridine rings is 1. The molecule has 7 nitrogen and oxygen atoms in total. The lowest BCUT2D eigenvalue weighted by Crippen LogP contribution is -2.36. The predicted molar refractivity (Wildman–Crippen MR) is 92.8 cm³/mol. The Hall–Kier alpha value is -2.48. The van der Waals surface area contributed by atoms with Crippen molar-refractivity contribution in [2.45, 2.75) is 38.1 Å². The number of amides is 1. The standard InChI is InChI=1S/C16H18N6OS/c17-12-8-10(15(23)19-11-4-2-1-3-5-11)9-13-20-14(21-22(12)13)16-18-6-7-24-16/h6-9,11H,1-5,17H2,(H,19,23). The summed E-state index contributed by atoms with van der Waals surface area (Å²) in [7, 11) is 0. The zero-order valence-corrected chi connectivity index (χ0v) is 13.9. The van der Waals surface area contributed by atoms with Gasteiger partial charge in [-0.2, -0.15) is 4.52 Å². The number of thiazole rings is 1. The monoisotopic (exact) mass is 342 g/mol. The third-order valence-corrected chi connectivity index (χ3v) is 5.06. The van der Waals surface area contributed by atoms with E-state index in [9.17, 15) is 4.79 Å². The van der Waals surface area contributed by atoms with E-state index < -0.39 is 0 Å². The van der Waals surface area contributed by atoms with Crippen LogP contribution in [0.2, 0.25) is 0 Å². The molecule has 0 bridgehead atoms. The molecule has 0 unspecified atom stereocenters. The van der Waals surface area contributed by atoms with Crippen LogP contribution in [0.4, 0.5) is 5.82 Å². The van der Waals surface area contributed by atoms with Gasteiger partial charge in [0.1, 0.15) is 5.82 Å². The van der Waals surface area contributed by atoms with Gasteiger partial charge in [-0.3, -0.25) is 4.79 Å². The molecule has 24 heavy (non-hydrogen) atoms. The molecule has 0 radical (unpaired) electrons. The molecule has 124 valence electrons. The summed E-state index contributed by atoms with van der Waals surface area (Å²) in [5, 5.41) is 10.1. The fourth-order valence-electron chi connectivity index (χ4n) is 3.08. The topological polar surface area (TPSA) is 98.2 Å². The predicted octanol–water partition coefficient (Wildman–Crippen LogP) is 2.50. The lowest BCUT2D eigenvalue weighted by molar-refractivity contribution is 0.0927. The minimum Gasteiger partial charge on any atom is -0.384 e. The van der Waals surface area contributed by atoms with Gasteiger partial charge in [0.15, 0.2) is 10.7 Å². The largest absolute Gasteiger partial charge is 0.384 e. The number of fused-ring (bicyclic) bond motifs is 1. The molecule has 4 rings (SSSR count). The van der Waals surface area contributed by atoms with Crippen molar-refractivity contribution >= 4 is 28.7 Å². The minimum absolute atomic E-state index is 0.102. The van der Waals surface area contributed by atoms with Crippen molar-refractivity contribution in [2.24, 2.45) is 0 Å². The summed E-state index contributed by atoms with van der Waals surface area (Å²) in [5.41, 5.74) is 7.13. The average molecular weight is 342 g/mol. The van der Waals surface area contributed by atoms with Crippen LogP contribution in [0.3, 0.4) is 0 Å². The molecule has 3 N–H and O–H groups in total. The summed E-state index contributed by atoms with van der Waals surface area (Å²) < 4.78 is 1.54. The Bertz CT molecular complexity index is 866. The zero-order valence-electron chi connectivity index (χ0n) is 13.1. The van der Waals surface area contributed by atoms with Crippen LogP contribution < -0.4 is 11.1 Å². The molecule has 1 aliphatic rings. The second kappa shape index (κ2) is 6.20. The van der Waals surface area contributed by atoms with Crippen molar-refractivity contribution < 1.29 is 4.79 Å². The van der Waals surface area contributed by atoms with Crippen LogP contribution in [0.5, 0.6) is 0 Å². The number of hydrogen-bond acceptors (Lipinski definition) is 6. The number of carbonyl (C=O) groups excluding carboxylic acids is 1. The maximum atomic E-state index is 12.5. The van der Waals surface area contributed by atoms with Crippen LogP contribution in [0, 0.1) is 0 Å². The fraction of sp³-hybridized carbons (Fsp3) is 0.375. The van der Waals surface area contributed by atoms with Gasteiger partial charge in [-0.15, -0.1) is 16.4 Å². The van der Waals surface area contributed by atoms with Crippen molar-refractivity contribution in [3.8, 4) is 10.8 Å². The Kier molecular flexibility index (Phi) is 3.89. The Balaban J connectivity index is 1.63. The smallest absolute Gasteiger partial charge is 0.251 e. The SMILES string of the molecule is Nc1cc(C(=O)NC2CCCCC2)cc2nc(-c3nccs3)nn12. The molecule has 0 aliphatic heterocycles. The van der Waals surface area contributed by atoms with E-state index >= 15 is 0 Å². The molecule has 1 amide bonds. The highest BCUT2D eigenvalue weighted by atomic mass is 32.1. The first kappa shape index (κ1) is 15.1. The Morgan fingerprint density at radius 3 is 2.88 bits per heavy atom. The highest BCUT2D eigenvalue weighted by Gasteiger charge is 2.18. The van der Waals surface area contributed by atoms with Crippen molar-refractivity contribution in [3.05, 3.63) is 29.3 Å². The lowest BCUT2D eigenvalue weighted by Gasteiger charge is -2.22. The number of nitrogens with zero attached hydrogens (tertiary/aromatic N) is 4. The third-order valence-electron chi connectivity index (χ3n) is 4.29. The van der Waals surface area contributed by atoms with Crippen LogP contribution in [-0.4, -0.2) is 31.5 Å². The Labute approximate surface area is 142 Å². The van der Waals surface area contributed by atoms with Gasteiger partial charge in [-0.25, -0.2) is 9.97 Å². The van der Waals surface area contributed by atoms with Gasteiger partial charge in [-0.05, 0) is 25.0 Å². The molecule has 0 aromatic carbocycles. The highest BCUT2D eigenvalue weighted by molar-refractivity contribution is 7.13. The minimum atomic E-state index is -0.102. The first-order valence-corrected chi connectivity index (χ1v) is 8.96. The summed E-state index contributed by atoms with van der Waals surface area (Å²) in [6.07, 6.45) is 7.40. The number of carbonyl (C=O) groups is 1. The fourth-order valence-corrected chi connectivity index (χ4v) is 3.64. The number of anilines is 1. The van der Waals surface area contributed by atoms with Gasteiger partial charge in [0.05, 0.1) is 0 Å². The molecule has 1 fully saturated rings. The summed E-state index contributed by atoms with van der Waals surface area (Å²) in [6.45, 7) is 0. The van der Waals surface area contributed by atoms with E-state index in [0.717, 1.165) is 17.8 Å². The Morgan fingerprint density at radius 2 is 2.12 bits per heavy atom. The number of hydrogen-bond donors (Lipinski definition) is 2. The van der Waals surface area contributed by atoms with Crippen LogP contribution >= 0.6 is 11.3 Å². The maximum absolute atomic E-state index is 12.5. The van der Waals surface area contributed by atoms with Crippen LogP contribution in [0.15, 0.2) is 23.7 Å². The van der Waals surface area contributed by atoms with Gasteiger partial charge in [-0.1, -0.05) is 19.3 Å². The molecule has 0 atom stereocenters. The molecule has 3 heterocycles. The molecule has 3 aromatic heterocycles. The second-order valence-electron chi connectivity index (χ2n) is 6.02. The highest BCUT2D eigenvalue weighted by Crippen LogP contribution is 2.22. The third kappa shape index (κ3) is 2.84. The van der Waals surface area contributed by atoms with Gasteiger partial charge >= 0.3 is 0 Å². The van der Waals surface area contributed by atoms with Gasteiger partial charge in [0.2, 0.25) is 5.82 Å². The van der Waals surface area contributed by atoms with Gasteiger partial charge in [0.25, 0.3) is 5.91 Å². The van der Waals surface area contributed by atoms with Crippen LogP contribution in [-0.2, 0) is 0 Å². The van der Waals surface area contributed by atoms with E-state index in [0.29, 0.717) is 22.9 Å². The van der Waals surface area contributed by atoms with E-state index in [1.807, 2.05) is 5.38 Å². The molecule has 1 saturated carbocycles. The molecule has 0 spiro atoms. The molecule has 3 aromatic rings. The number of nitrogen functional groups attached to an aromatic ring is 1. The van der Waals surface area contributed by atoms with Crippen molar-refractivity contribution in [1.82, 2.24) is 24.9 Å². The summed E-state index contributed by atoms with van der Waals surface area (Å²) in [4.78, 5) is 21.2. The van der Waals surface area contributed by atoms with E-state index in [4.69, 9.17) is 5.73 Å². The number of rotatable bonds is 3. The van der Waals surface area contributed by atoms with Crippen molar-refractivity contribution in [2.75, 3.05) is 5.73 Å². The lowest BCUT2D eigenvalue weighted by atomic mass is 9.95. The average Bonchev–Trinajstić information content (AvgIpc) is 3.25. The van der Waals surface area contributed by atoms with Crippen molar-refractivity contribution in [1.29, 1.82) is 0 Å². The van der Waals surface area contributed by atoms with E-state index in [1.165, 1.54) is 35.1 Å². The first-order chi connectivity index (χ1) is 11.7. The quantitative estimate of drug-likeness (QED) is 0.762. The summed E-state index contributed by atoms with van der Waals surface area (Å²) in [5.74, 6) is 0.799. The number of nitrogens with one attached hydrogen (secondary N) is 1. The second-order valence-corrected chi connectivity index (χ2v) is 6.91. The molecular weight excluding hydrogens is 324 g/mol. The maximum Gasteiger partial charge on any atom is 0.251 e. The van der Waals surface area contributed by atoms with Crippen LogP contribution in [0.25, 0.3) is 16.5 Å². The molecular formula is C16H18N6OS. The molecule has 0 saturated heterocycles. The van der Waals surface area contributed by atoms with E-state index in [2.05, 4.69) is 20.4 Å². The first-order valence-electron chi connectivity index (χ1n) is 8.08. The molecule has 1 aliphatic carbocycles. The van der Waals surface area contributed by atoms with Crippen LogP contribution in [0.1, 0.15) is 42.5 Å². The number of aromatic nitrogens is 4. The normalized spacial score (nSPS) is 15.7. The van der Waals surface area contributed by atoms with Crippen molar-refractivity contribution in [3.63, 3.8) is 0 Å². The zero-order chi connectivity index (χ0) is 16.5. The summed E-state index contributed by atoms with van der Waals surface area (Å²) >= 11 is 1.46. The Morgan fingerprint density at radius 1 is 1.29 bits per heavy atom. The molecule has 8 heteroatoms. The van der Waals surface area contributed by atoms with E-state index in [-0.39, 0.29) is 11.9 Å². The van der Waals surface area contributed by atoms with E-state index in [1.54, 1.807) is 18.3 Å². The summed E-state index contributed by atoms with van der Waals surface area (Å²) in [6, 6.07) is 3.62. The number of nitrogens with two attached hydrogens (primary N) is 1. The van der Waals surface area contributed by atoms with Gasteiger partial charge < -0.3 is 11.1 Å². The van der Waals surface area contributed by atoms with Gasteiger partial charge in [0, 0.05) is 23.2 Å².